The molecule has 226 valence electrons. The summed E-state index contributed by atoms with van der Waals surface area (Å²) in [5.74, 6) is 0.124. The van der Waals surface area contributed by atoms with Crippen LogP contribution in [0.25, 0.3) is 10.2 Å². The second-order valence-electron chi connectivity index (χ2n) is 12.4. The molecule has 1 atom stereocenters. The number of aromatic nitrogens is 3. The number of carbonyl (C=O) groups excluding carboxylic acids is 2. The summed E-state index contributed by atoms with van der Waals surface area (Å²) in [7, 11) is 0. The Balaban J connectivity index is 1.15. The van der Waals surface area contributed by atoms with Gasteiger partial charge in [-0.2, -0.15) is 9.97 Å². The lowest BCUT2D eigenvalue weighted by Gasteiger charge is -2.40. The van der Waals surface area contributed by atoms with Crippen LogP contribution >= 0.6 is 11.3 Å². The predicted molar refractivity (Wildman–Crippen MR) is 160 cm³/mol. The maximum absolute atomic E-state index is 14.6. The molecule has 4 fully saturated rings. The summed E-state index contributed by atoms with van der Waals surface area (Å²) < 4.78 is 21.5. The van der Waals surface area contributed by atoms with Crippen molar-refractivity contribution in [1.29, 1.82) is 0 Å². The van der Waals surface area contributed by atoms with Crippen LogP contribution < -0.4 is 30.9 Å². The van der Waals surface area contributed by atoms with Gasteiger partial charge in [0.1, 0.15) is 29.3 Å². The van der Waals surface area contributed by atoms with Crippen molar-refractivity contribution in [3.05, 3.63) is 29.2 Å². The monoisotopic (exact) mass is 607 g/mol. The minimum atomic E-state index is -0.980. The van der Waals surface area contributed by atoms with Gasteiger partial charge in [0.05, 0.1) is 34.7 Å². The summed E-state index contributed by atoms with van der Waals surface area (Å²) in [4.78, 5) is 46.1. The van der Waals surface area contributed by atoms with Crippen LogP contribution in [0.2, 0.25) is 0 Å². The number of fused-ring (bicyclic) bond motifs is 3. The van der Waals surface area contributed by atoms with Gasteiger partial charge in [0.2, 0.25) is 0 Å². The number of benzene rings is 1. The number of halogens is 1. The van der Waals surface area contributed by atoms with Gasteiger partial charge in [-0.25, -0.2) is 14.2 Å². The Hall–Kier alpha value is -3.78. The summed E-state index contributed by atoms with van der Waals surface area (Å²) >= 11 is 1.15. The van der Waals surface area contributed by atoms with Gasteiger partial charge in [-0.15, -0.1) is 0 Å². The van der Waals surface area contributed by atoms with E-state index >= 15 is 0 Å². The summed E-state index contributed by atoms with van der Waals surface area (Å²) in [5.41, 5.74) is 8.23. The Morgan fingerprint density at radius 2 is 1.84 bits per heavy atom. The summed E-state index contributed by atoms with van der Waals surface area (Å²) in [5, 5.41) is 5.62. The second-order valence-corrected chi connectivity index (χ2v) is 13.5. The van der Waals surface area contributed by atoms with E-state index in [2.05, 4.69) is 30.3 Å². The van der Waals surface area contributed by atoms with Crippen LogP contribution in [0.1, 0.15) is 49.8 Å². The fourth-order valence-corrected chi connectivity index (χ4v) is 8.62. The lowest BCUT2D eigenvalue weighted by molar-refractivity contribution is -0.124. The van der Waals surface area contributed by atoms with E-state index in [0.29, 0.717) is 67.0 Å². The van der Waals surface area contributed by atoms with Crippen molar-refractivity contribution < 1.29 is 18.7 Å². The van der Waals surface area contributed by atoms with Crippen LogP contribution in [0, 0.1) is 5.82 Å². The fraction of sp³-hybridized carbons (Fsp3) is 0.552. The normalized spacial score (nSPS) is 24.9. The maximum Gasteiger partial charge on any atom is 0.322 e. The number of amides is 3. The van der Waals surface area contributed by atoms with Crippen molar-refractivity contribution in [2.75, 3.05) is 54.9 Å². The molecule has 14 heteroatoms. The number of hydrogen-bond donors (Lipinski definition) is 3. The summed E-state index contributed by atoms with van der Waals surface area (Å²) in [6, 6.07) is 3.09. The molecule has 1 aromatic carbocycles. The number of anilines is 3. The van der Waals surface area contributed by atoms with E-state index in [1.165, 1.54) is 18.9 Å². The zero-order valence-corrected chi connectivity index (χ0v) is 24.6. The number of thiazole rings is 1. The third-order valence-corrected chi connectivity index (χ3v) is 10.8. The highest BCUT2D eigenvalue weighted by atomic mass is 32.1. The number of carbonyl (C=O) groups is 2. The van der Waals surface area contributed by atoms with E-state index in [-0.39, 0.29) is 17.3 Å². The number of nitrogens with two attached hydrogens (primary N) is 1. The quantitative estimate of drug-likeness (QED) is 0.371. The third-order valence-electron chi connectivity index (χ3n) is 9.94. The van der Waals surface area contributed by atoms with Gasteiger partial charge in [0, 0.05) is 18.7 Å². The van der Waals surface area contributed by atoms with E-state index in [1.807, 2.05) is 0 Å². The second kappa shape index (κ2) is 9.88. The van der Waals surface area contributed by atoms with E-state index in [0.717, 1.165) is 66.5 Å². The average Bonchev–Trinajstić information content (AvgIpc) is 3.74. The Morgan fingerprint density at radius 3 is 2.63 bits per heavy atom. The number of rotatable bonds is 5. The molecule has 3 aromatic rings. The lowest BCUT2D eigenvalue weighted by Crippen LogP contribution is -2.59. The van der Waals surface area contributed by atoms with Crippen molar-refractivity contribution in [2.45, 2.75) is 62.6 Å². The van der Waals surface area contributed by atoms with E-state index in [1.54, 1.807) is 6.07 Å². The Kier molecular flexibility index (Phi) is 6.16. The predicted octanol–water partition coefficient (Wildman–Crippen LogP) is 2.56. The Bertz CT molecular complexity index is 1640. The molecule has 7 heterocycles. The highest BCUT2D eigenvalue weighted by Crippen LogP contribution is 2.41. The number of nitrogens with one attached hydrogen (secondary N) is 2. The van der Waals surface area contributed by atoms with Crippen LogP contribution in [0.15, 0.2) is 12.1 Å². The van der Waals surface area contributed by atoms with E-state index in [9.17, 15) is 14.0 Å². The van der Waals surface area contributed by atoms with Gasteiger partial charge in [-0.3, -0.25) is 15.0 Å². The van der Waals surface area contributed by atoms with Crippen LogP contribution in [0.3, 0.4) is 0 Å². The zero-order valence-electron chi connectivity index (χ0n) is 23.8. The van der Waals surface area contributed by atoms with Crippen molar-refractivity contribution >= 4 is 50.1 Å². The van der Waals surface area contributed by atoms with Crippen LogP contribution in [0.4, 0.5) is 25.8 Å². The molecule has 5 aliphatic heterocycles. The lowest BCUT2D eigenvalue weighted by atomic mass is 9.88. The molecule has 4 saturated heterocycles. The zero-order chi connectivity index (χ0) is 29.3. The number of nitrogens with zero attached hydrogens (tertiary/aromatic N) is 6. The van der Waals surface area contributed by atoms with Gasteiger partial charge in [0.25, 0.3) is 5.91 Å². The molecular formula is C29H34FN9O3S. The third kappa shape index (κ3) is 4.36. The minimum absolute atomic E-state index is 0.0388. The largest absolute Gasteiger partial charge is 0.461 e. The highest BCUT2D eigenvalue weighted by molar-refractivity contribution is 7.22. The van der Waals surface area contributed by atoms with Gasteiger partial charge < -0.3 is 25.6 Å². The maximum atomic E-state index is 14.6. The van der Waals surface area contributed by atoms with Crippen molar-refractivity contribution in [2.24, 2.45) is 0 Å². The molecule has 2 aromatic heterocycles. The molecule has 1 unspecified atom stereocenters. The van der Waals surface area contributed by atoms with E-state index in [4.69, 9.17) is 20.4 Å². The first-order valence-electron chi connectivity index (χ1n) is 15.1. The fourth-order valence-electron chi connectivity index (χ4n) is 7.87. The first-order valence-corrected chi connectivity index (χ1v) is 15.9. The van der Waals surface area contributed by atoms with Crippen molar-refractivity contribution in [3.63, 3.8) is 0 Å². The molecule has 0 aliphatic carbocycles. The minimum Gasteiger partial charge on any atom is -0.461 e. The van der Waals surface area contributed by atoms with Crippen LogP contribution in [0.5, 0.6) is 6.01 Å². The summed E-state index contributed by atoms with van der Waals surface area (Å²) in [6.45, 7) is 4.88. The summed E-state index contributed by atoms with van der Waals surface area (Å²) in [6.07, 6.45) is 6.51. The smallest absolute Gasteiger partial charge is 0.322 e. The van der Waals surface area contributed by atoms with Gasteiger partial charge in [0.15, 0.2) is 5.13 Å². The van der Waals surface area contributed by atoms with Gasteiger partial charge in [-0.1, -0.05) is 11.3 Å². The molecular weight excluding hydrogens is 573 g/mol. The van der Waals surface area contributed by atoms with Crippen LogP contribution in [-0.2, 0) is 17.8 Å². The number of imide groups is 1. The SMILES string of the molecule is Nc1nc2c(N3CCc4c(nc(OCC56CCCN5CCC6)nc4N4CCCC5(C4)NC(=O)NC5=O)C3)ccc(F)c2s1. The Labute approximate surface area is 251 Å². The standard InChI is InChI=1S/C29H34FN9O3S/c30-18-4-5-20(21-22(18)43-25(31)33-21)37-13-6-17-19(14-37)32-27(42-16-28-7-1-11-39(28)12-2-8-28)34-23(17)38-10-3-9-29(15-38)24(40)35-26(41)36-29/h4-5H,1-3,6-16H2,(H2,31,33)(H2,35,36,40,41). The molecule has 4 N–H and O–H groups in total. The molecule has 43 heavy (non-hydrogen) atoms. The molecule has 1 spiro atoms. The average molecular weight is 608 g/mol. The Morgan fingerprint density at radius 1 is 1.02 bits per heavy atom. The van der Waals surface area contributed by atoms with Crippen LogP contribution in [-0.4, -0.2) is 82.2 Å². The highest BCUT2D eigenvalue weighted by Gasteiger charge is 2.49. The number of nitrogen functional groups attached to an aromatic ring is 1. The molecule has 0 radical (unpaired) electrons. The number of urea groups is 1. The molecule has 0 saturated carbocycles. The molecule has 0 bridgehead atoms. The number of piperidine rings is 1. The van der Waals surface area contributed by atoms with Gasteiger partial charge >= 0.3 is 12.0 Å². The first kappa shape index (κ1) is 26.8. The first-order chi connectivity index (χ1) is 20.8. The molecule has 12 nitrogen and oxygen atoms in total. The van der Waals surface area contributed by atoms with Crippen molar-refractivity contribution in [1.82, 2.24) is 30.5 Å². The topological polar surface area (TPSA) is 142 Å². The number of ether oxygens (including phenoxy) is 1. The van der Waals surface area contributed by atoms with E-state index < -0.39 is 11.6 Å². The van der Waals surface area contributed by atoms with Gasteiger partial charge in [-0.05, 0) is 70.2 Å². The number of hydrogen-bond acceptors (Lipinski definition) is 11. The molecule has 8 rings (SSSR count). The molecule has 3 amide bonds. The van der Waals surface area contributed by atoms with Crippen molar-refractivity contribution in [3.8, 4) is 6.01 Å². The molecule has 5 aliphatic rings.